The van der Waals surface area contributed by atoms with E-state index in [4.69, 9.17) is 0 Å². The molecule has 1 amide bonds. The summed E-state index contributed by atoms with van der Waals surface area (Å²) in [7, 11) is -2.13. The second-order valence-corrected chi connectivity index (χ2v) is 6.99. The highest BCUT2D eigenvalue weighted by Crippen LogP contribution is 2.21. The molecule has 0 spiro atoms. The van der Waals surface area contributed by atoms with Gasteiger partial charge in [-0.05, 0) is 19.3 Å². The molecule has 1 unspecified atom stereocenters. The minimum atomic E-state index is -3.37. The number of carbonyl (C=O) groups excluding carboxylic acids is 2. The zero-order chi connectivity index (χ0) is 14.5. The average molecular weight is 291 g/mol. The van der Waals surface area contributed by atoms with Gasteiger partial charge >= 0.3 is 5.97 Å². The first kappa shape index (κ1) is 15.9. The lowest BCUT2D eigenvalue weighted by Crippen LogP contribution is -2.47. The Morgan fingerprint density at radius 1 is 1.32 bits per heavy atom. The number of methoxy groups -OCH3 is 1. The van der Waals surface area contributed by atoms with Gasteiger partial charge in [0.05, 0.1) is 12.9 Å². The Labute approximate surface area is 114 Å². The van der Waals surface area contributed by atoms with E-state index in [-0.39, 0.29) is 12.3 Å². The Hall–Kier alpha value is -1.11. The van der Waals surface area contributed by atoms with E-state index in [0.29, 0.717) is 25.8 Å². The van der Waals surface area contributed by atoms with Crippen LogP contribution in [0.5, 0.6) is 0 Å². The second-order valence-electron chi connectivity index (χ2n) is 4.69. The highest BCUT2D eigenvalue weighted by Gasteiger charge is 2.37. The van der Waals surface area contributed by atoms with Crippen molar-refractivity contribution in [3.05, 3.63) is 0 Å². The summed E-state index contributed by atoms with van der Waals surface area (Å²) >= 11 is 0. The van der Waals surface area contributed by atoms with Crippen molar-refractivity contribution in [2.45, 2.75) is 37.9 Å². The Kier molecular flexibility index (Phi) is 5.78. The van der Waals surface area contributed by atoms with Crippen molar-refractivity contribution < 1.29 is 22.7 Å². The molecule has 1 atom stereocenters. The average Bonchev–Trinajstić information content (AvgIpc) is 2.36. The molecule has 0 saturated carbocycles. The number of nitrogens with zero attached hydrogens (tertiary/aromatic N) is 1. The SMILES string of the molecule is CCCN(CC(=O)OC)C(=O)C1CCCCS1(=O)=O. The number of hydrogen-bond donors (Lipinski definition) is 0. The largest absolute Gasteiger partial charge is 0.468 e. The maximum atomic E-state index is 12.3. The quantitative estimate of drug-likeness (QED) is 0.683. The van der Waals surface area contributed by atoms with Gasteiger partial charge in [-0.15, -0.1) is 0 Å². The number of sulfone groups is 1. The van der Waals surface area contributed by atoms with Gasteiger partial charge in [0.2, 0.25) is 5.91 Å². The predicted molar refractivity (Wildman–Crippen MR) is 70.3 cm³/mol. The molecule has 0 radical (unpaired) electrons. The predicted octanol–water partition coefficient (Wildman–Crippen LogP) is 0.365. The zero-order valence-electron chi connectivity index (χ0n) is 11.4. The normalized spacial score (nSPS) is 21.7. The van der Waals surface area contributed by atoms with Crippen molar-refractivity contribution >= 4 is 21.7 Å². The van der Waals surface area contributed by atoms with Gasteiger partial charge in [0, 0.05) is 6.54 Å². The lowest BCUT2D eigenvalue weighted by Gasteiger charge is -2.28. The zero-order valence-corrected chi connectivity index (χ0v) is 12.2. The van der Waals surface area contributed by atoms with Crippen LogP contribution in [0.2, 0.25) is 0 Å². The summed E-state index contributed by atoms with van der Waals surface area (Å²) in [6.07, 6.45) is 2.35. The number of amides is 1. The molecule has 1 fully saturated rings. The van der Waals surface area contributed by atoms with E-state index in [2.05, 4.69) is 4.74 Å². The standard InChI is InChI=1S/C12H21NO5S/c1-3-7-13(9-11(14)18-2)12(15)10-6-4-5-8-19(10,16)17/h10H,3-9H2,1-2H3. The molecule has 6 nitrogen and oxygen atoms in total. The van der Waals surface area contributed by atoms with Gasteiger partial charge in [-0.3, -0.25) is 9.59 Å². The number of carbonyl (C=O) groups is 2. The summed E-state index contributed by atoms with van der Waals surface area (Å²) in [6, 6.07) is 0. The van der Waals surface area contributed by atoms with Crippen LogP contribution in [0.1, 0.15) is 32.6 Å². The summed E-state index contributed by atoms with van der Waals surface area (Å²) in [5.74, 6) is -0.941. The van der Waals surface area contributed by atoms with Gasteiger partial charge in [0.25, 0.3) is 0 Å². The van der Waals surface area contributed by atoms with Crippen LogP contribution in [0, 0.1) is 0 Å². The first-order chi connectivity index (χ1) is 8.92. The molecule has 1 aliphatic heterocycles. The number of hydrogen-bond acceptors (Lipinski definition) is 5. The summed E-state index contributed by atoms with van der Waals surface area (Å²) in [6.45, 7) is 2.04. The summed E-state index contributed by atoms with van der Waals surface area (Å²) < 4.78 is 28.4. The molecule has 0 N–H and O–H groups in total. The van der Waals surface area contributed by atoms with Crippen molar-refractivity contribution in [1.82, 2.24) is 4.90 Å². The van der Waals surface area contributed by atoms with Gasteiger partial charge in [-0.2, -0.15) is 0 Å². The first-order valence-electron chi connectivity index (χ1n) is 6.49. The van der Waals surface area contributed by atoms with Crippen LogP contribution < -0.4 is 0 Å². The van der Waals surface area contributed by atoms with E-state index in [0.717, 1.165) is 6.42 Å². The molecule has 0 bridgehead atoms. The van der Waals surface area contributed by atoms with Crippen LogP contribution in [0.25, 0.3) is 0 Å². The van der Waals surface area contributed by atoms with E-state index in [1.165, 1.54) is 12.0 Å². The lowest BCUT2D eigenvalue weighted by molar-refractivity contribution is -0.147. The molecule has 7 heteroatoms. The monoisotopic (exact) mass is 291 g/mol. The summed E-state index contributed by atoms with van der Waals surface area (Å²) in [5.41, 5.74) is 0. The fraction of sp³-hybridized carbons (Fsp3) is 0.833. The van der Waals surface area contributed by atoms with Gasteiger partial charge < -0.3 is 9.64 Å². The molecule has 0 aliphatic carbocycles. The molecule has 1 saturated heterocycles. The van der Waals surface area contributed by atoms with Crippen molar-refractivity contribution in [3.8, 4) is 0 Å². The van der Waals surface area contributed by atoms with Crippen molar-refractivity contribution in [3.63, 3.8) is 0 Å². The molecule has 0 aromatic carbocycles. The lowest BCUT2D eigenvalue weighted by atomic mass is 10.1. The van der Waals surface area contributed by atoms with Crippen LogP contribution in [0.15, 0.2) is 0 Å². The summed E-state index contributed by atoms with van der Waals surface area (Å²) in [5, 5.41) is -0.988. The van der Waals surface area contributed by atoms with Crippen LogP contribution in [-0.4, -0.2) is 56.4 Å². The fourth-order valence-corrected chi connectivity index (χ4v) is 4.07. The van der Waals surface area contributed by atoms with Crippen molar-refractivity contribution in [2.75, 3.05) is 26.0 Å². The Morgan fingerprint density at radius 3 is 2.53 bits per heavy atom. The van der Waals surface area contributed by atoms with Crippen LogP contribution >= 0.6 is 0 Å². The fourth-order valence-electron chi connectivity index (χ4n) is 2.19. The van der Waals surface area contributed by atoms with Crippen molar-refractivity contribution in [1.29, 1.82) is 0 Å². The Balaban J connectivity index is 2.83. The number of ether oxygens (including phenoxy) is 1. The van der Waals surface area contributed by atoms with E-state index in [9.17, 15) is 18.0 Å². The highest BCUT2D eigenvalue weighted by atomic mass is 32.2. The van der Waals surface area contributed by atoms with Gasteiger partial charge in [0.15, 0.2) is 9.84 Å². The van der Waals surface area contributed by atoms with E-state index < -0.39 is 27.0 Å². The molecular weight excluding hydrogens is 270 g/mol. The summed E-state index contributed by atoms with van der Waals surface area (Å²) in [4.78, 5) is 24.9. The minimum Gasteiger partial charge on any atom is -0.468 e. The molecule has 1 rings (SSSR count). The molecule has 19 heavy (non-hydrogen) atoms. The van der Waals surface area contributed by atoms with E-state index in [1.54, 1.807) is 0 Å². The molecule has 110 valence electrons. The van der Waals surface area contributed by atoms with E-state index >= 15 is 0 Å². The third-order valence-corrected chi connectivity index (χ3v) is 5.37. The smallest absolute Gasteiger partial charge is 0.325 e. The molecule has 0 aromatic heterocycles. The molecule has 1 aliphatic rings. The number of rotatable bonds is 5. The van der Waals surface area contributed by atoms with Crippen LogP contribution in [0.3, 0.4) is 0 Å². The Bertz CT molecular complexity index is 431. The second kappa shape index (κ2) is 6.88. The maximum absolute atomic E-state index is 12.3. The molecular formula is C12H21NO5S. The molecule has 0 aromatic rings. The minimum absolute atomic E-state index is 0.0571. The first-order valence-corrected chi connectivity index (χ1v) is 8.21. The molecule has 1 heterocycles. The van der Waals surface area contributed by atoms with Crippen molar-refractivity contribution in [2.24, 2.45) is 0 Å². The topological polar surface area (TPSA) is 80.8 Å². The maximum Gasteiger partial charge on any atom is 0.325 e. The van der Waals surface area contributed by atoms with Gasteiger partial charge in [-0.25, -0.2) is 8.42 Å². The van der Waals surface area contributed by atoms with Gasteiger partial charge in [-0.1, -0.05) is 13.3 Å². The number of esters is 1. The van der Waals surface area contributed by atoms with E-state index in [1.807, 2.05) is 6.92 Å². The van der Waals surface area contributed by atoms with Gasteiger partial charge in [0.1, 0.15) is 11.8 Å². The third-order valence-electron chi connectivity index (χ3n) is 3.21. The third kappa shape index (κ3) is 4.19. The van der Waals surface area contributed by atoms with Crippen LogP contribution in [-0.2, 0) is 24.2 Å². The Morgan fingerprint density at radius 2 is 2.00 bits per heavy atom. The highest BCUT2D eigenvalue weighted by molar-refractivity contribution is 7.92. The van der Waals surface area contributed by atoms with Crippen LogP contribution in [0.4, 0.5) is 0 Å².